The Morgan fingerprint density at radius 2 is 1.76 bits per heavy atom. The molecule has 170 valence electrons. The number of benzene rings is 3. The molecule has 0 saturated heterocycles. The molecule has 0 heterocycles. The molecule has 33 heavy (non-hydrogen) atoms. The number of hydrogen-bond donors (Lipinski definition) is 1. The summed E-state index contributed by atoms with van der Waals surface area (Å²) in [6.45, 7) is 1.06. The van der Waals surface area contributed by atoms with Crippen LogP contribution >= 0.6 is 15.9 Å². The van der Waals surface area contributed by atoms with E-state index in [1.165, 1.54) is 30.3 Å². The third kappa shape index (κ3) is 6.02. The molecule has 0 spiro atoms. The van der Waals surface area contributed by atoms with Crippen molar-refractivity contribution in [3.05, 3.63) is 99.0 Å². The fourth-order valence-corrected chi connectivity index (χ4v) is 4.72. The monoisotopic (exact) mass is 530 g/mol. The maximum atomic E-state index is 13.3. The Labute approximate surface area is 199 Å². The van der Waals surface area contributed by atoms with Gasteiger partial charge < -0.3 is 0 Å². The van der Waals surface area contributed by atoms with E-state index in [2.05, 4.69) is 26.5 Å². The molecular weight excluding hydrogens is 512 g/mol. The quantitative estimate of drug-likeness (QED) is 0.267. The van der Waals surface area contributed by atoms with Crippen LogP contribution in [0.4, 0.5) is 11.4 Å². The zero-order valence-electron chi connectivity index (χ0n) is 17.4. The molecule has 0 aromatic heterocycles. The van der Waals surface area contributed by atoms with E-state index >= 15 is 0 Å². The summed E-state index contributed by atoms with van der Waals surface area (Å²) < 4.78 is 28.2. The molecule has 3 rings (SSSR count). The van der Waals surface area contributed by atoms with Gasteiger partial charge in [-0.1, -0.05) is 52.3 Å². The molecule has 1 amide bonds. The summed E-state index contributed by atoms with van der Waals surface area (Å²) in [5, 5.41) is 15.2. The van der Waals surface area contributed by atoms with Crippen molar-refractivity contribution in [3.8, 4) is 0 Å². The molecule has 0 saturated carbocycles. The van der Waals surface area contributed by atoms with Crippen molar-refractivity contribution in [1.29, 1.82) is 0 Å². The van der Waals surface area contributed by atoms with Gasteiger partial charge in [0.15, 0.2) is 0 Å². The molecular formula is C22H19BrN4O5S. The Balaban J connectivity index is 1.91. The second-order valence-corrected chi connectivity index (χ2v) is 9.62. The van der Waals surface area contributed by atoms with Crippen LogP contribution in [0.1, 0.15) is 12.5 Å². The smallest absolute Gasteiger partial charge is 0.271 e. The molecule has 0 radical (unpaired) electrons. The molecule has 1 N–H and O–H groups in total. The van der Waals surface area contributed by atoms with Crippen LogP contribution < -0.4 is 9.73 Å². The number of amides is 1. The van der Waals surface area contributed by atoms with Crippen LogP contribution in [0.15, 0.2) is 93.3 Å². The molecule has 9 nitrogen and oxygen atoms in total. The number of nitrogens with zero attached hydrogens (tertiary/aromatic N) is 3. The van der Waals surface area contributed by atoms with Gasteiger partial charge in [0.2, 0.25) is 0 Å². The fraction of sp³-hybridized carbons (Fsp3) is 0.0909. The number of rotatable bonds is 8. The van der Waals surface area contributed by atoms with Gasteiger partial charge in [-0.2, -0.15) is 5.10 Å². The zero-order chi connectivity index (χ0) is 24.0. The highest BCUT2D eigenvalue weighted by Gasteiger charge is 2.28. The van der Waals surface area contributed by atoms with E-state index in [1.54, 1.807) is 25.1 Å². The highest BCUT2D eigenvalue weighted by atomic mass is 79.9. The summed E-state index contributed by atoms with van der Waals surface area (Å²) in [4.78, 5) is 23.2. The van der Waals surface area contributed by atoms with Gasteiger partial charge in [0.05, 0.1) is 21.2 Å². The predicted octanol–water partition coefficient (Wildman–Crippen LogP) is 4.09. The summed E-state index contributed by atoms with van der Waals surface area (Å²) in [5.41, 5.74) is 3.31. The molecule has 0 bridgehead atoms. The van der Waals surface area contributed by atoms with Gasteiger partial charge in [0.25, 0.3) is 21.6 Å². The number of halogens is 1. The molecule has 0 unspecified atom stereocenters. The Kier molecular flexibility index (Phi) is 7.56. The van der Waals surface area contributed by atoms with Gasteiger partial charge in [-0.05, 0) is 42.8 Å². The lowest BCUT2D eigenvalue weighted by Gasteiger charge is -2.23. The van der Waals surface area contributed by atoms with Gasteiger partial charge in [-0.3, -0.25) is 19.2 Å². The second-order valence-electron chi connectivity index (χ2n) is 6.84. The van der Waals surface area contributed by atoms with Crippen molar-refractivity contribution in [3.63, 3.8) is 0 Å². The van der Waals surface area contributed by atoms with Gasteiger partial charge >= 0.3 is 0 Å². The maximum Gasteiger partial charge on any atom is 0.271 e. The van der Waals surface area contributed by atoms with Gasteiger partial charge in [0.1, 0.15) is 6.54 Å². The van der Waals surface area contributed by atoms with E-state index in [1.807, 2.05) is 24.3 Å². The number of nitrogens with one attached hydrogen (secondary N) is 1. The first-order chi connectivity index (χ1) is 15.7. The standard InChI is InChI=1S/C22H19BrN4O5S/c1-16(17-7-5-8-18(23)13-17)24-25-22(28)15-26(19-9-6-10-20(14-19)27(29)30)33(31,32)21-11-3-2-4-12-21/h2-14H,15H2,1H3,(H,25,28)/b24-16-. The van der Waals surface area contributed by atoms with Crippen LogP contribution in [0.25, 0.3) is 0 Å². The van der Waals surface area contributed by atoms with Crippen LogP contribution in [-0.2, 0) is 14.8 Å². The lowest BCUT2D eigenvalue weighted by molar-refractivity contribution is -0.384. The van der Waals surface area contributed by atoms with E-state index in [9.17, 15) is 23.3 Å². The first-order valence-corrected chi connectivity index (χ1v) is 11.8. The SMILES string of the molecule is C/C(=N/NC(=O)CN(c1cccc([N+](=O)[O-])c1)S(=O)(=O)c1ccccc1)c1cccc(Br)c1. The van der Waals surface area contributed by atoms with Crippen molar-refractivity contribution < 1.29 is 18.1 Å². The highest BCUT2D eigenvalue weighted by molar-refractivity contribution is 9.10. The number of anilines is 1. The molecule has 0 atom stereocenters. The van der Waals surface area contributed by atoms with Crippen LogP contribution in [0.5, 0.6) is 0 Å². The molecule has 0 aliphatic rings. The minimum Gasteiger partial charge on any atom is -0.271 e. The second kappa shape index (κ2) is 10.4. The van der Waals surface area contributed by atoms with E-state index in [-0.39, 0.29) is 16.3 Å². The van der Waals surface area contributed by atoms with E-state index in [4.69, 9.17) is 0 Å². The van der Waals surface area contributed by atoms with Crippen LogP contribution in [0.3, 0.4) is 0 Å². The molecule has 11 heteroatoms. The summed E-state index contributed by atoms with van der Waals surface area (Å²) in [6.07, 6.45) is 0. The fourth-order valence-electron chi connectivity index (χ4n) is 2.89. The lowest BCUT2D eigenvalue weighted by atomic mass is 10.1. The minimum atomic E-state index is -4.19. The minimum absolute atomic E-state index is 0.0177. The number of nitro groups is 1. The van der Waals surface area contributed by atoms with Gasteiger partial charge in [-0.25, -0.2) is 13.8 Å². The maximum absolute atomic E-state index is 13.3. The predicted molar refractivity (Wildman–Crippen MR) is 129 cm³/mol. The van der Waals surface area contributed by atoms with Crippen molar-refractivity contribution in [1.82, 2.24) is 5.43 Å². The Morgan fingerprint density at radius 3 is 2.42 bits per heavy atom. The van der Waals surface area contributed by atoms with Crippen LogP contribution in [0.2, 0.25) is 0 Å². The average Bonchev–Trinajstić information content (AvgIpc) is 2.81. The Morgan fingerprint density at radius 1 is 1.06 bits per heavy atom. The molecule has 0 aliphatic carbocycles. The van der Waals surface area contributed by atoms with Crippen LogP contribution in [0, 0.1) is 10.1 Å². The normalized spacial score (nSPS) is 11.6. The topological polar surface area (TPSA) is 122 Å². The third-order valence-electron chi connectivity index (χ3n) is 4.54. The largest absolute Gasteiger partial charge is 0.271 e. The van der Waals surface area contributed by atoms with E-state index in [0.29, 0.717) is 5.71 Å². The Bertz CT molecular complexity index is 1310. The molecule has 3 aromatic rings. The van der Waals surface area contributed by atoms with Crippen LogP contribution in [-0.4, -0.2) is 31.5 Å². The molecule has 3 aromatic carbocycles. The van der Waals surface area contributed by atoms with E-state index < -0.39 is 27.4 Å². The number of hydrazone groups is 1. The molecule has 0 aliphatic heterocycles. The van der Waals surface area contributed by atoms with Gasteiger partial charge in [-0.15, -0.1) is 0 Å². The van der Waals surface area contributed by atoms with Crippen molar-refractivity contribution >= 4 is 48.9 Å². The van der Waals surface area contributed by atoms with Crippen molar-refractivity contribution in [2.24, 2.45) is 5.10 Å². The van der Waals surface area contributed by atoms with E-state index in [0.717, 1.165) is 20.4 Å². The lowest BCUT2D eigenvalue weighted by Crippen LogP contribution is -2.39. The highest BCUT2D eigenvalue weighted by Crippen LogP contribution is 2.26. The summed E-state index contributed by atoms with van der Waals surface area (Å²) >= 11 is 3.37. The number of sulfonamides is 1. The summed E-state index contributed by atoms with van der Waals surface area (Å²) in [5.74, 6) is -0.713. The van der Waals surface area contributed by atoms with Gasteiger partial charge in [0, 0.05) is 16.6 Å². The first-order valence-electron chi connectivity index (χ1n) is 9.60. The number of hydrogen-bond acceptors (Lipinski definition) is 6. The number of nitro benzene ring substituents is 1. The van der Waals surface area contributed by atoms with Crippen molar-refractivity contribution in [2.45, 2.75) is 11.8 Å². The molecule has 0 fully saturated rings. The number of non-ortho nitro benzene ring substituents is 1. The third-order valence-corrected chi connectivity index (χ3v) is 6.82. The zero-order valence-corrected chi connectivity index (χ0v) is 19.8. The Hall–Kier alpha value is -3.57. The number of carbonyl (C=O) groups is 1. The summed E-state index contributed by atoms with van der Waals surface area (Å²) in [6, 6.07) is 19.9. The average molecular weight is 531 g/mol. The summed E-state index contributed by atoms with van der Waals surface area (Å²) in [7, 11) is -4.19. The van der Waals surface area contributed by atoms with Crippen molar-refractivity contribution in [2.75, 3.05) is 10.8 Å². The number of carbonyl (C=O) groups excluding carboxylic acids is 1. The first kappa shape index (κ1) is 24.1.